The van der Waals surface area contributed by atoms with Gasteiger partial charge in [-0.2, -0.15) is 0 Å². The molecule has 0 aromatic rings. The first-order valence-electron chi connectivity index (χ1n) is 7.65. The van der Waals surface area contributed by atoms with Gasteiger partial charge in [0.2, 0.25) is 0 Å². The third-order valence-corrected chi connectivity index (χ3v) is 7.71. The molecule has 21 heavy (non-hydrogen) atoms. The number of hydrogen-bond acceptors (Lipinski definition) is 5. The Hall–Kier alpha value is -0.0262. The van der Waals surface area contributed by atoms with Crippen LogP contribution in [0.2, 0.25) is 0 Å². The van der Waals surface area contributed by atoms with Crippen molar-refractivity contribution in [1.82, 2.24) is 9.80 Å². The van der Waals surface area contributed by atoms with E-state index >= 15 is 0 Å². The summed E-state index contributed by atoms with van der Waals surface area (Å²) in [6.07, 6.45) is 0. The summed E-state index contributed by atoms with van der Waals surface area (Å²) in [5.41, 5.74) is 4.16. The van der Waals surface area contributed by atoms with E-state index in [9.17, 15) is 0 Å². The van der Waals surface area contributed by atoms with Crippen LogP contribution in [0.15, 0.2) is 11.4 Å². The maximum Gasteiger partial charge on any atom is 0.528 e. The lowest BCUT2D eigenvalue weighted by Gasteiger charge is -2.37. The molecule has 0 unspecified atom stereocenters. The molecule has 0 bridgehead atoms. The van der Waals surface area contributed by atoms with Gasteiger partial charge in [-0.05, 0) is 31.9 Å². The summed E-state index contributed by atoms with van der Waals surface area (Å²) >= 11 is 0. The fourth-order valence-corrected chi connectivity index (χ4v) is 5.70. The summed E-state index contributed by atoms with van der Waals surface area (Å²) in [7, 11) is 2.97. The maximum absolute atomic E-state index is 5.43. The van der Waals surface area contributed by atoms with Crippen LogP contribution < -0.4 is 0 Å². The second kappa shape index (κ2) is 11.5. The van der Waals surface area contributed by atoms with E-state index in [1.54, 1.807) is 21.3 Å². The topological polar surface area (TPSA) is 34.2 Å². The van der Waals surface area contributed by atoms with E-state index in [1.165, 1.54) is 0 Å². The fraction of sp³-hybridized carbons (Fsp3) is 0.857. The molecular weight excluding hydrogens is 300 g/mol. The highest BCUT2D eigenvalue weighted by Crippen LogP contribution is 2.09. The molecule has 7 heteroatoms. The standard InChI is InChI=1S/C14H32N2O3Si2/c1-8-15(9-2)14(16(10-3)11-4)20-12-13-21(17-5,18-6)19-7/h12-14H,8-11H2,1-7H3. The van der Waals surface area contributed by atoms with Crippen molar-refractivity contribution >= 4 is 18.3 Å². The molecule has 0 saturated heterocycles. The van der Waals surface area contributed by atoms with Crippen LogP contribution in [0.3, 0.4) is 0 Å². The Kier molecular flexibility index (Phi) is 11.5. The molecule has 0 aliphatic carbocycles. The first kappa shape index (κ1) is 21.0. The highest BCUT2D eigenvalue weighted by molar-refractivity contribution is 6.67. The summed E-state index contributed by atoms with van der Waals surface area (Å²) < 4.78 is 16.3. The van der Waals surface area contributed by atoms with E-state index < -0.39 is 8.80 Å². The monoisotopic (exact) mass is 332 g/mol. The minimum atomic E-state index is -2.61. The third-order valence-electron chi connectivity index (χ3n) is 3.70. The molecule has 0 aromatic heterocycles. The van der Waals surface area contributed by atoms with Crippen molar-refractivity contribution in [2.24, 2.45) is 0 Å². The molecule has 124 valence electrons. The fourth-order valence-electron chi connectivity index (χ4n) is 2.27. The highest BCUT2D eigenvalue weighted by Gasteiger charge is 2.34. The van der Waals surface area contributed by atoms with Gasteiger partial charge in [0.25, 0.3) is 0 Å². The summed E-state index contributed by atoms with van der Waals surface area (Å²) in [5, 5.41) is 0. The van der Waals surface area contributed by atoms with Crippen molar-refractivity contribution in [1.29, 1.82) is 0 Å². The summed E-state index contributed by atoms with van der Waals surface area (Å²) in [6.45, 7) is 13.1. The Morgan fingerprint density at radius 3 is 1.52 bits per heavy atom. The summed E-state index contributed by atoms with van der Waals surface area (Å²) in [6, 6.07) is 0. The van der Waals surface area contributed by atoms with E-state index in [1.807, 2.05) is 5.70 Å². The van der Waals surface area contributed by atoms with E-state index in [0.717, 1.165) is 26.2 Å². The van der Waals surface area contributed by atoms with Crippen molar-refractivity contribution in [3.63, 3.8) is 0 Å². The molecule has 0 fully saturated rings. The minimum absolute atomic E-state index is 0.434. The average molecular weight is 333 g/mol. The molecular formula is C14H32N2O3Si2. The van der Waals surface area contributed by atoms with Crippen molar-refractivity contribution in [3.05, 3.63) is 11.4 Å². The van der Waals surface area contributed by atoms with Crippen molar-refractivity contribution in [3.8, 4) is 0 Å². The number of nitrogens with zero attached hydrogens (tertiary/aromatic N) is 2. The van der Waals surface area contributed by atoms with Crippen molar-refractivity contribution < 1.29 is 13.3 Å². The molecule has 0 heterocycles. The first-order valence-corrected chi connectivity index (χ1v) is 10.6. The molecule has 0 atom stereocenters. The molecule has 0 aliphatic rings. The second-order valence-electron chi connectivity index (χ2n) is 4.53. The zero-order valence-corrected chi connectivity index (χ0v) is 16.7. The van der Waals surface area contributed by atoms with Crippen LogP contribution in [0.1, 0.15) is 27.7 Å². The molecule has 5 nitrogen and oxygen atoms in total. The lowest BCUT2D eigenvalue weighted by Crippen LogP contribution is -2.51. The van der Waals surface area contributed by atoms with Crippen LogP contribution in [-0.4, -0.2) is 81.4 Å². The Morgan fingerprint density at radius 2 is 1.24 bits per heavy atom. The second-order valence-corrected chi connectivity index (χ2v) is 8.48. The SMILES string of the molecule is CCN(CC)C([Si]C=C[Si](OC)(OC)OC)N(CC)CC. The van der Waals surface area contributed by atoms with Crippen LogP contribution in [0, 0.1) is 0 Å². The molecule has 0 spiro atoms. The van der Waals surface area contributed by atoms with Gasteiger partial charge in [0.15, 0.2) is 0 Å². The van der Waals surface area contributed by atoms with Gasteiger partial charge in [0.1, 0.15) is 9.52 Å². The van der Waals surface area contributed by atoms with Crippen LogP contribution in [-0.2, 0) is 13.3 Å². The van der Waals surface area contributed by atoms with Gasteiger partial charge in [-0.15, -0.1) is 0 Å². The van der Waals surface area contributed by atoms with Crippen LogP contribution in [0.25, 0.3) is 0 Å². The quantitative estimate of drug-likeness (QED) is 0.400. The minimum Gasteiger partial charge on any atom is -0.374 e. The number of rotatable bonds is 12. The van der Waals surface area contributed by atoms with Gasteiger partial charge >= 0.3 is 8.80 Å². The van der Waals surface area contributed by atoms with Gasteiger partial charge in [-0.3, -0.25) is 9.80 Å². The van der Waals surface area contributed by atoms with E-state index in [-0.39, 0.29) is 0 Å². The normalized spacial score (nSPS) is 13.2. The van der Waals surface area contributed by atoms with Crippen molar-refractivity contribution in [2.75, 3.05) is 47.5 Å². The smallest absolute Gasteiger partial charge is 0.374 e. The molecule has 0 saturated carbocycles. The predicted molar refractivity (Wildman–Crippen MR) is 91.3 cm³/mol. The van der Waals surface area contributed by atoms with Crippen LogP contribution in [0.4, 0.5) is 0 Å². The number of hydrogen-bond donors (Lipinski definition) is 0. The van der Waals surface area contributed by atoms with Crippen molar-refractivity contribution in [2.45, 2.75) is 33.5 Å². The zero-order chi connectivity index (χ0) is 16.3. The lowest BCUT2D eigenvalue weighted by molar-refractivity contribution is 0.116. The van der Waals surface area contributed by atoms with E-state index in [4.69, 9.17) is 13.3 Å². The molecule has 0 rings (SSSR count). The zero-order valence-electron chi connectivity index (χ0n) is 14.7. The Morgan fingerprint density at radius 1 is 0.857 bits per heavy atom. The Bertz CT molecular complexity index is 261. The van der Waals surface area contributed by atoms with Gasteiger partial charge in [-0.25, -0.2) is 0 Å². The molecule has 0 N–H and O–H groups in total. The highest BCUT2D eigenvalue weighted by atomic mass is 28.4. The van der Waals surface area contributed by atoms with Crippen LogP contribution in [0.5, 0.6) is 0 Å². The Labute approximate surface area is 134 Å². The first-order chi connectivity index (χ1) is 10.1. The average Bonchev–Trinajstić information content (AvgIpc) is 2.53. The molecule has 0 aromatic carbocycles. The van der Waals surface area contributed by atoms with Gasteiger partial charge in [0, 0.05) is 21.3 Å². The molecule has 0 amide bonds. The van der Waals surface area contributed by atoms with E-state index in [2.05, 4.69) is 43.2 Å². The van der Waals surface area contributed by atoms with Gasteiger partial charge < -0.3 is 13.3 Å². The maximum atomic E-state index is 5.43. The summed E-state index contributed by atoms with van der Waals surface area (Å²) in [5.74, 6) is 0.434. The molecule has 0 aliphatic heterocycles. The van der Waals surface area contributed by atoms with Gasteiger partial charge in [0.05, 0.1) is 5.79 Å². The molecule has 2 radical (unpaired) electrons. The predicted octanol–water partition coefficient (Wildman–Crippen LogP) is 1.59. The van der Waals surface area contributed by atoms with Gasteiger partial charge in [-0.1, -0.05) is 33.4 Å². The third kappa shape index (κ3) is 6.31. The Balaban J connectivity index is 4.97. The van der Waals surface area contributed by atoms with E-state index in [0.29, 0.717) is 15.3 Å². The lowest BCUT2D eigenvalue weighted by atomic mass is 10.5. The summed E-state index contributed by atoms with van der Waals surface area (Å²) in [4.78, 5) is 4.98. The largest absolute Gasteiger partial charge is 0.528 e. The van der Waals surface area contributed by atoms with Crippen LogP contribution >= 0.6 is 0 Å².